The van der Waals surface area contributed by atoms with Crippen molar-refractivity contribution < 1.29 is 14.6 Å². The maximum absolute atomic E-state index is 13.2. The third kappa shape index (κ3) is 7.95. The van der Waals surface area contributed by atoms with Crippen LogP contribution in [0.2, 0.25) is 0 Å². The van der Waals surface area contributed by atoms with Gasteiger partial charge in [0.1, 0.15) is 11.4 Å². The summed E-state index contributed by atoms with van der Waals surface area (Å²) in [4.78, 5) is 15.6. The molecule has 0 bridgehead atoms. The highest BCUT2D eigenvalue weighted by Gasteiger charge is 2.36. The molecule has 2 N–H and O–H groups in total. The van der Waals surface area contributed by atoms with Gasteiger partial charge in [-0.3, -0.25) is 4.79 Å². The van der Waals surface area contributed by atoms with Gasteiger partial charge in [0.2, 0.25) is 0 Å². The molecule has 0 saturated heterocycles. The summed E-state index contributed by atoms with van der Waals surface area (Å²) in [5.74, 6) is 1.19. The molecule has 1 aromatic heterocycles. The number of benzene rings is 1. The van der Waals surface area contributed by atoms with Crippen LogP contribution in [0, 0.1) is 18.8 Å². The van der Waals surface area contributed by atoms with E-state index in [1.54, 1.807) is 0 Å². The fourth-order valence-corrected chi connectivity index (χ4v) is 6.41. The largest absolute Gasteiger partial charge is 0.493 e. The fourth-order valence-electron chi connectivity index (χ4n) is 6.41. The summed E-state index contributed by atoms with van der Waals surface area (Å²) in [5.41, 5.74) is 3.30. The Morgan fingerprint density at radius 2 is 1.63 bits per heavy atom. The molecule has 232 valence electrons. The van der Waals surface area contributed by atoms with E-state index in [1.807, 2.05) is 6.07 Å². The Labute approximate surface area is 250 Å². The molecule has 0 atom stereocenters. The van der Waals surface area contributed by atoms with E-state index in [-0.39, 0.29) is 23.2 Å². The lowest BCUT2D eigenvalue weighted by Crippen LogP contribution is -2.42. The number of nitrogens with zero attached hydrogens (tertiary/aromatic N) is 2. The second kappa shape index (κ2) is 15.8. The van der Waals surface area contributed by atoms with Crippen LogP contribution in [-0.4, -0.2) is 58.9 Å². The molecular formula is C35H59N3O3. The maximum atomic E-state index is 13.2. The van der Waals surface area contributed by atoms with E-state index < -0.39 is 5.60 Å². The minimum atomic E-state index is -0.742. The van der Waals surface area contributed by atoms with Gasteiger partial charge in [0, 0.05) is 30.6 Å². The van der Waals surface area contributed by atoms with E-state index in [0.29, 0.717) is 19.6 Å². The summed E-state index contributed by atoms with van der Waals surface area (Å²) in [6.07, 6.45) is 3.40. The van der Waals surface area contributed by atoms with Gasteiger partial charge in [-0.15, -0.1) is 0 Å². The molecule has 1 heterocycles. The average molecular weight is 570 g/mol. The molecule has 0 aliphatic carbocycles. The van der Waals surface area contributed by atoms with Crippen molar-refractivity contribution in [2.24, 2.45) is 11.8 Å². The monoisotopic (exact) mass is 569 g/mol. The molecule has 0 aliphatic rings. The highest BCUT2D eigenvalue weighted by molar-refractivity contribution is 5.93. The number of hydrogen-bond donors (Lipinski definition) is 2. The number of aliphatic hydroxyl groups is 1. The molecule has 0 unspecified atom stereocenters. The topological polar surface area (TPSA) is 66.7 Å². The normalized spacial score (nSPS) is 12.5. The molecule has 6 nitrogen and oxygen atoms in total. The van der Waals surface area contributed by atoms with Crippen LogP contribution in [0.15, 0.2) is 30.3 Å². The van der Waals surface area contributed by atoms with Crippen LogP contribution in [0.4, 0.5) is 0 Å². The summed E-state index contributed by atoms with van der Waals surface area (Å²) < 4.78 is 8.41. The smallest absolute Gasteiger partial charge is 0.267 e. The maximum Gasteiger partial charge on any atom is 0.267 e. The molecule has 1 amide bonds. The summed E-state index contributed by atoms with van der Waals surface area (Å²) in [5, 5.41) is 14.3. The zero-order valence-corrected chi connectivity index (χ0v) is 27.8. The van der Waals surface area contributed by atoms with Gasteiger partial charge in [-0.2, -0.15) is 0 Å². The number of ether oxygens (including phenoxy) is 1. The van der Waals surface area contributed by atoms with E-state index in [1.165, 1.54) is 11.3 Å². The molecule has 0 aliphatic heterocycles. The second-order valence-corrected chi connectivity index (χ2v) is 12.2. The number of carbonyl (C=O) groups is 1. The van der Waals surface area contributed by atoms with Crippen LogP contribution in [-0.2, 0) is 12.0 Å². The number of aryl methyl sites for hydroxylation is 1. The van der Waals surface area contributed by atoms with Gasteiger partial charge in [-0.25, -0.2) is 0 Å². The van der Waals surface area contributed by atoms with Crippen LogP contribution >= 0.6 is 0 Å². The second-order valence-electron chi connectivity index (χ2n) is 12.2. The number of nitrogens with one attached hydrogen (secondary N) is 1. The molecule has 0 spiro atoms. The average Bonchev–Trinajstić information content (AvgIpc) is 3.39. The number of amides is 1. The van der Waals surface area contributed by atoms with Crippen molar-refractivity contribution >= 4 is 5.91 Å². The fraction of sp³-hybridized carbons (Fsp3) is 0.686. The lowest BCUT2D eigenvalue weighted by atomic mass is 9.72. The molecule has 2 aromatic rings. The van der Waals surface area contributed by atoms with Crippen molar-refractivity contribution in [1.82, 2.24) is 14.8 Å². The number of rotatable bonds is 18. The van der Waals surface area contributed by atoms with Crippen LogP contribution < -0.4 is 10.1 Å². The van der Waals surface area contributed by atoms with Gasteiger partial charge < -0.3 is 24.6 Å². The van der Waals surface area contributed by atoms with Crippen molar-refractivity contribution in [1.29, 1.82) is 0 Å². The predicted molar refractivity (Wildman–Crippen MR) is 172 cm³/mol. The first-order valence-electron chi connectivity index (χ1n) is 16.1. The first-order chi connectivity index (χ1) is 19.4. The van der Waals surface area contributed by atoms with Crippen molar-refractivity contribution in [3.63, 3.8) is 0 Å². The molecule has 2 rings (SSSR count). The van der Waals surface area contributed by atoms with Crippen LogP contribution in [0.3, 0.4) is 0 Å². The van der Waals surface area contributed by atoms with E-state index in [2.05, 4.69) is 108 Å². The van der Waals surface area contributed by atoms with E-state index in [9.17, 15) is 9.90 Å². The summed E-state index contributed by atoms with van der Waals surface area (Å²) >= 11 is 0. The van der Waals surface area contributed by atoms with Gasteiger partial charge >= 0.3 is 0 Å². The standard InChI is InChI=1S/C35H59N3O3/c1-11-34(12-2,29-17-19-31(28(10)25-29)41-24-21-35(40,26(6)7)27(8)9)32-20-18-30(38(32)15-5)33(39)36-22-16-23-37(13-3)14-4/h17-20,25-27,40H,11-16,21-24H2,1-10H3,(H,36,39). The predicted octanol–water partition coefficient (Wildman–Crippen LogP) is 7.20. The Kier molecular flexibility index (Phi) is 13.4. The van der Waals surface area contributed by atoms with Gasteiger partial charge in [-0.05, 0) is 93.9 Å². The molecule has 6 heteroatoms. The third-order valence-electron chi connectivity index (χ3n) is 9.55. The highest BCUT2D eigenvalue weighted by atomic mass is 16.5. The lowest BCUT2D eigenvalue weighted by Gasteiger charge is -2.36. The third-order valence-corrected chi connectivity index (χ3v) is 9.55. The summed E-state index contributed by atoms with van der Waals surface area (Å²) in [7, 11) is 0. The SMILES string of the molecule is CCN(CC)CCCNC(=O)c1ccc(C(CC)(CC)c2ccc(OCCC(O)(C(C)C)C(C)C)c(C)c2)n1CC. The van der Waals surface area contributed by atoms with Crippen LogP contribution in [0.5, 0.6) is 5.75 Å². The molecule has 0 saturated carbocycles. The molecule has 41 heavy (non-hydrogen) atoms. The van der Waals surface area contributed by atoms with Gasteiger partial charge in [0.05, 0.1) is 12.2 Å². The van der Waals surface area contributed by atoms with Gasteiger partial charge in [-0.1, -0.05) is 67.5 Å². The first kappa shape index (κ1) is 34.9. The zero-order chi connectivity index (χ0) is 30.8. The Balaban J connectivity index is 2.26. The highest BCUT2D eigenvalue weighted by Crippen LogP contribution is 2.41. The minimum Gasteiger partial charge on any atom is -0.493 e. The molecule has 0 fully saturated rings. The first-order valence-corrected chi connectivity index (χ1v) is 16.1. The number of carbonyl (C=O) groups excluding carboxylic acids is 1. The molecular weight excluding hydrogens is 510 g/mol. The molecule has 0 radical (unpaired) electrons. The van der Waals surface area contributed by atoms with Crippen molar-refractivity contribution in [3.05, 3.63) is 52.8 Å². The summed E-state index contributed by atoms with van der Waals surface area (Å²) in [6, 6.07) is 10.7. The minimum absolute atomic E-state index is 0.00133. The van der Waals surface area contributed by atoms with E-state index >= 15 is 0 Å². The Bertz CT molecular complexity index is 1070. The summed E-state index contributed by atoms with van der Waals surface area (Å²) in [6.45, 7) is 26.3. The Hall–Kier alpha value is -2.31. The van der Waals surface area contributed by atoms with E-state index in [4.69, 9.17) is 4.74 Å². The van der Waals surface area contributed by atoms with Crippen LogP contribution in [0.1, 0.15) is 115 Å². The van der Waals surface area contributed by atoms with E-state index in [0.717, 1.165) is 62.4 Å². The Morgan fingerprint density at radius 3 is 2.15 bits per heavy atom. The number of aromatic nitrogens is 1. The van der Waals surface area contributed by atoms with Gasteiger partial charge in [0.25, 0.3) is 5.91 Å². The lowest BCUT2D eigenvalue weighted by molar-refractivity contribution is -0.0614. The van der Waals surface area contributed by atoms with Crippen molar-refractivity contribution in [2.75, 3.05) is 32.8 Å². The molecule has 1 aromatic carbocycles. The van der Waals surface area contributed by atoms with Crippen LogP contribution in [0.25, 0.3) is 0 Å². The van der Waals surface area contributed by atoms with Crippen molar-refractivity contribution in [3.8, 4) is 5.75 Å². The quantitative estimate of drug-likeness (QED) is 0.186. The van der Waals surface area contributed by atoms with Gasteiger partial charge in [0.15, 0.2) is 0 Å². The van der Waals surface area contributed by atoms with Crippen molar-refractivity contribution in [2.45, 2.75) is 112 Å². The zero-order valence-electron chi connectivity index (χ0n) is 27.8. The number of hydrogen-bond acceptors (Lipinski definition) is 4. The Morgan fingerprint density at radius 1 is 1.00 bits per heavy atom.